The number of carboxylic acids is 1. The van der Waals surface area contributed by atoms with Gasteiger partial charge in [-0.1, -0.05) is 12.1 Å². The molecule has 2 aromatic rings. The highest BCUT2D eigenvalue weighted by atomic mass is 16.4. The van der Waals surface area contributed by atoms with E-state index in [-0.39, 0.29) is 0 Å². The van der Waals surface area contributed by atoms with Crippen LogP contribution in [0.1, 0.15) is 21.7 Å². The maximum atomic E-state index is 10.7. The zero-order chi connectivity index (χ0) is 11.7. The van der Waals surface area contributed by atoms with Crippen molar-refractivity contribution in [3.63, 3.8) is 0 Å². The summed E-state index contributed by atoms with van der Waals surface area (Å²) in [5.41, 5.74) is 4.22. The van der Waals surface area contributed by atoms with Gasteiger partial charge < -0.3 is 5.11 Å². The molecule has 0 spiro atoms. The molecular weight excluding hydrogens is 204 g/mol. The molecule has 0 amide bonds. The van der Waals surface area contributed by atoms with Crippen LogP contribution in [-0.4, -0.2) is 21.3 Å². The van der Waals surface area contributed by atoms with E-state index in [1.54, 1.807) is 24.3 Å². The van der Waals surface area contributed by atoms with Gasteiger partial charge in [0.05, 0.1) is 11.3 Å². The molecule has 0 saturated carbocycles. The molecule has 0 aliphatic rings. The van der Waals surface area contributed by atoms with Gasteiger partial charge in [0.1, 0.15) is 0 Å². The highest BCUT2D eigenvalue weighted by Crippen LogP contribution is 2.25. The lowest BCUT2D eigenvalue weighted by molar-refractivity contribution is 0.0697. The molecule has 0 aliphatic carbocycles. The Hall–Kier alpha value is -2.10. The van der Waals surface area contributed by atoms with Gasteiger partial charge in [0.25, 0.3) is 0 Å². The zero-order valence-corrected chi connectivity index (χ0v) is 9.11. The van der Waals surface area contributed by atoms with Crippen LogP contribution in [0.25, 0.3) is 11.1 Å². The molecule has 0 bridgehead atoms. The van der Waals surface area contributed by atoms with Crippen molar-refractivity contribution in [1.82, 2.24) is 10.2 Å². The molecule has 2 N–H and O–H groups in total. The van der Waals surface area contributed by atoms with Crippen molar-refractivity contribution in [2.75, 3.05) is 0 Å². The number of nitrogens with zero attached hydrogens (tertiary/aromatic N) is 1. The Morgan fingerprint density at radius 3 is 2.31 bits per heavy atom. The standard InChI is InChI=1S/C12H12N2O2/c1-7-11(8(2)14-13-7)9-3-5-10(6-4-9)12(15)16/h3-6H,1-2H3,(H,13,14)(H,15,16). The van der Waals surface area contributed by atoms with E-state index in [4.69, 9.17) is 5.11 Å². The van der Waals surface area contributed by atoms with Crippen LogP contribution in [0, 0.1) is 13.8 Å². The van der Waals surface area contributed by atoms with Gasteiger partial charge in [-0.3, -0.25) is 5.10 Å². The predicted octanol–water partition coefficient (Wildman–Crippen LogP) is 2.39. The van der Waals surface area contributed by atoms with E-state index in [1.165, 1.54) is 0 Å². The van der Waals surface area contributed by atoms with Gasteiger partial charge in [0.15, 0.2) is 0 Å². The zero-order valence-electron chi connectivity index (χ0n) is 9.11. The molecule has 82 valence electrons. The van der Waals surface area contributed by atoms with Crippen molar-refractivity contribution in [1.29, 1.82) is 0 Å². The average molecular weight is 216 g/mol. The number of H-pyrrole nitrogens is 1. The SMILES string of the molecule is Cc1n[nH]c(C)c1-c1ccc(C(=O)O)cc1. The normalized spacial score (nSPS) is 10.4. The number of aryl methyl sites for hydroxylation is 2. The maximum absolute atomic E-state index is 10.7. The van der Waals surface area contributed by atoms with Gasteiger partial charge in [0, 0.05) is 11.3 Å². The van der Waals surface area contributed by atoms with Gasteiger partial charge in [-0.15, -0.1) is 0 Å². The Labute approximate surface area is 92.9 Å². The van der Waals surface area contributed by atoms with Crippen molar-refractivity contribution in [2.24, 2.45) is 0 Å². The fraction of sp³-hybridized carbons (Fsp3) is 0.167. The molecule has 16 heavy (non-hydrogen) atoms. The summed E-state index contributed by atoms with van der Waals surface area (Å²) in [4.78, 5) is 10.7. The number of carbonyl (C=O) groups is 1. The summed E-state index contributed by atoms with van der Waals surface area (Å²) in [6, 6.07) is 6.80. The molecule has 0 fully saturated rings. The van der Waals surface area contributed by atoms with E-state index in [9.17, 15) is 4.79 Å². The van der Waals surface area contributed by atoms with E-state index < -0.39 is 5.97 Å². The average Bonchev–Trinajstić information content (AvgIpc) is 2.59. The Kier molecular flexibility index (Phi) is 2.48. The van der Waals surface area contributed by atoms with Crippen molar-refractivity contribution >= 4 is 5.97 Å². The van der Waals surface area contributed by atoms with E-state index in [1.807, 2.05) is 13.8 Å². The highest BCUT2D eigenvalue weighted by Gasteiger charge is 2.09. The number of rotatable bonds is 2. The van der Waals surface area contributed by atoms with Crippen molar-refractivity contribution in [3.8, 4) is 11.1 Å². The van der Waals surface area contributed by atoms with Gasteiger partial charge in [-0.2, -0.15) is 5.10 Å². The lowest BCUT2D eigenvalue weighted by Gasteiger charge is -2.02. The lowest BCUT2D eigenvalue weighted by atomic mass is 10.0. The van der Waals surface area contributed by atoms with Crippen molar-refractivity contribution in [3.05, 3.63) is 41.2 Å². The summed E-state index contributed by atoms with van der Waals surface area (Å²) in [5.74, 6) is -0.910. The van der Waals surface area contributed by atoms with Crippen LogP contribution >= 0.6 is 0 Å². The second-order valence-corrected chi connectivity index (χ2v) is 3.69. The van der Waals surface area contributed by atoms with Crippen LogP contribution in [0.15, 0.2) is 24.3 Å². The molecule has 0 radical (unpaired) electrons. The number of nitrogens with one attached hydrogen (secondary N) is 1. The van der Waals surface area contributed by atoms with E-state index >= 15 is 0 Å². The van der Waals surface area contributed by atoms with Crippen LogP contribution < -0.4 is 0 Å². The summed E-state index contributed by atoms with van der Waals surface area (Å²) < 4.78 is 0. The Morgan fingerprint density at radius 2 is 1.88 bits per heavy atom. The quantitative estimate of drug-likeness (QED) is 0.810. The third-order valence-electron chi connectivity index (χ3n) is 2.55. The number of hydrogen-bond donors (Lipinski definition) is 2. The molecule has 2 rings (SSSR count). The molecule has 0 atom stereocenters. The Morgan fingerprint density at radius 1 is 1.25 bits per heavy atom. The fourth-order valence-electron chi connectivity index (χ4n) is 1.76. The highest BCUT2D eigenvalue weighted by molar-refractivity contribution is 5.88. The van der Waals surface area contributed by atoms with Crippen LogP contribution in [-0.2, 0) is 0 Å². The second kappa shape index (κ2) is 3.81. The Balaban J connectivity index is 2.46. The summed E-state index contributed by atoms with van der Waals surface area (Å²) in [5, 5.41) is 15.8. The largest absolute Gasteiger partial charge is 0.478 e. The summed E-state index contributed by atoms with van der Waals surface area (Å²) in [6.45, 7) is 3.87. The Bertz CT molecular complexity index is 507. The van der Waals surface area contributed by atoms with Gasteiger partial charge >= 0.3 is 5.97 Å². The molecule has 1 heterocycles. The smallest absolute Gasteiger partial charge is 0.335 e. The summed E-state index contributed by atoms with van der Waals surface area (Å²) in [6.07, 6.45) is 0. The maximum Gasteiger partial charge on any atom is 0.335 e. The minimum absolute atomic E-state index is 0.294. The molecule has 0 unspecified atom stereocenters. The van der Waals surface area contributed by atoms with Crippen molar-refractivity contribution < 1.29 is 9.90 Å². The number of carboxylic acid groups (broad SMARTS) is 1. The molecular formula is C12H12N2O2. The molecule has 4 heteroatoms. The van der Waals surface area contributed by atoms with Gasteiger partial charge in [-0.05, 0) is 31.5 Å². The van der Waals surface area contributed by atoms with E-state index in [0.29, 0.717) is 5.56 Å². The van der Waals surface area contributed by atoms with Crippen LogP contribution in [0.3, 0.4) is 0 Å². The topological polar surface area (TPSA) is 66.0 Å². The minimum Gasteiger partial charge on any atom is -0.478 e. The van der Waals surface area contributed by atoms with E-state index in [0.717, 1.165) is 22.5 Å². The number of aromatic amines is 1. The van der Waals surface area contributed by atoms with Gasteiger partial charge in [0.2, 0.25) is 0 Å². The van der Waals surface area contributed by atoms with E-state index in [2.05, 4.69) is 10.2 Å². The van der Waals surface area contributed by atoms with Crippen molar-refractivity contribution in [2.45, 2.75) is 13.8 Å². The molecule has 1 aromatic heterocycles. The predicted molar refractivity (Wildman–Crippen MR) is 60.5 cm³/mol. The summed E-state index contributed by atoms with van der Waals surface area (Å²) in [7, 11) is 0. The number of hydrogen-bond acceptors (Lipinski definition) is 2. The number of benzene rings is 1. The monoisotopic (exact) mass is 216 g/mol. The first kappa shape index (κ1) is 10.4. The number of aromatic carboxylic acids is 1. The summed E-state index contributed by atoms with van der Waals surface area (Å²) >= 11 is 0. The van der Waals surface area contributed by atoms with Crippen LogP contribution in [0.4, 0.5) is 0 Å². The third-order valence-corrected chi connectivity index (χ3v) is 2.55. The molecule has 0 aliphatic heterocycles. The van der Waals surface area contributed by atoms with Crippen LogP contribution in [0.2, 0.25) is 0 Å². The third kappa shape index (κ3) is 1.69. The fourth-order valence-corrected chi connectivity index (χ4v) is 1.76. The number of aromatic nitrogens is 2. The first-order valence-electron chi connectivity index (χ1n) is 4.95. The molecule has 1 aromatic carbocycles. The molecule has 4 nitrogen and oxygen atoms in total. The molecule has 0 saturated heterocycles. The lowest BCUT2D eigenvalue weighted by Crippen LogP contribution is -1.95. The van der Waals surface area contributed by atoms with Gasteiger partial charge in [-0.25, -0.2) is 4.79 Å². The second-order valence-electron chi connectivity index (χ2n) is 3.69. The van der Waals surface area contributed by atoms with Crippen LogP contribution in [0.5, 0.6) is 0 Å². The first-order valence-corrected chi connectivity index (χ1v) is 4.95. The first-order chi connectivity index (χ1) is 7.59. The minimum atomic E-state index is -0.910.